The molecule has 1 aromatic rings. The van der Waals surface area contributed by atoms with Gasteiger partial charge in [0.2, 0.25) is 0 Å². The summed E-state index contributed by atoms with van der Waals surface area (Å²) in [7, 11) is 0. The lowest BCUT2D eigenvalue weighted by Gasteiger charge is -2.20. The van der Waals surface area contributed by atoms with E-state index >= 15 is 0 Å². The first-order valence-corrected chi connectivity index (χ1v) is 6.02. The van der Waals surface area contributed by atoms with Crippen molar-refractivity contribution in [1.82, 2.24) is 0 Å². The maximum atomic E-state index is 8.92. The molecule has 96 valence electrons. The van der Waals surface area contributed by atoms with Crippen molar-refractivity contribution < 1.29 is 4.74 Å². The van der Waals surface area contributed by atoms with Crippen molar-refractivity contribution in [3.63, 3.8) is 0 Å². The second kappa shape index (κ2) is 7.04. The molecule has 0 saturated carbocycles. The van der Waals surface area contributed by atoms with Gasteiger partial charge < -0.3 is 4.74 Å². The fraction of sp³-hybridized carbons (Fsp3) is 0.400. The van der Waals surface area contributed by atoms with Crippen LogP contribution < -0.4 is 4.74 Å². The van der Waals surface area contributed by atoms with Gasteiger partial charge in [-0.2, -0.15) is 10.5 Å². The monoisotopic (exact) mass is 253 g/mol. The Morgan fingerprint density at radius 3 is 2.58 bits per heavy atom. The minimum atomic E-state index is -0.0264. The highest BCUT2D eigenvalue weighted by Crippen LogP contribution is 2.36. The minimum Gasteiger partial charge on any atom is -0.479 e. The van der Waals surface area contributed by atoms with E-state index < -0.39 is 0 Å². The first-order valence-electron chi connectivity index (χ1n) is 6.02. The molecule has 0 aromatic heterocycles. The Kier molecular flexibility index (Phi) is 5.39. The summed E-state index contributed by atoms with van der Waals surface area (Å²) in [6.07, 6.45) is 0.363. The molecular weight excluding hydrogens is 238 g/mol. The van der Waals surface area contributed by atoms with Crippen LogP contribution in [0, 0.1) is 35.2 Å². The van der Waals surface area contributed by atoms with Crippen LogP contribution in [0.2, 0.25) is 0 Å². The molecule has 0 spiro atoms. The number of nitriles is 2. The van der Waals surface area contributed by atoms with Gasteiger partial charge in [-0.05, 0) is 29.5 Å². The maximum absolute atomic E-state index is 8.92. The van der Waals surface area contributed by atoms with E-state index in [1.165, 1.54) is 0 Å². The average Bonchev–Trinajstić information content (AvgIpc) is 2.42. The van der Waals surface area contributed by atoms with Crippen molar-refractivity contribution in [2.75, 3.05) is 6.61 Å². The summed E-state index contributed by atoms with van der Waals surface area (Å²) in [5.41, 5.74) is 1.36. The average molecular weight is 253 g/mol. The zero-order valence-corrected chi connectivity index (χ0v) is 11.1. The van der Waals surface area contributed by atoms with Gasteiger partial charge in [0.05, 0.1) is 12.6 Å². The molecule has 0 saturated heterocycles. The minimum absolute atomic E-state index is 0.000245. The Labute approximate surface area is 113 Å². The number of rotatable bonds is 5. The van der Waals surface area contributed by atoms with E-state index in [-0.39, 0.29) is 18.4 Å². The molecule has 4 nitrogen and oxygen atoms in total. The van der Waals surface area contributed by atoms with Crippen LogP contribution >= 0.6 is 0 Å². The molecule has 19 heavy (non-hydrogen) atoms. The standard InChI is InChI=1S/C15H15N3O/c1-11(2)13(6-7-16)14-10-12(19-9-8-17)4-5-15(14)18-3/h4-5,10-11,13H,6,9H2,1-2H3. The van der Waals surface area contributed by atoms with E-state index in [1.807, 2.05) is 19.9 Å². The molecular formula is C15H15N3O. The Morgan fingerprint density at radius 2 is 2.05 bits per heavy atom. The SMILES string of the molecule is [C-]#[N+]c1ccc(OCC#N)cc1C(CC#N)C(C)C. The number of nitrogens with zero attached hydrogens (tertiary/aromatic N) is 3. The van der Waals surface area contributed by atoms with Crippen molar-refractivity contribution in [1.29, 1.82) is 10.5 Å². The van der Waals surface area contributed by atoms with Crippen LogP contribution in [-0.2, 0) is 0 Å². The molecule has 0 N–H and O–H groups in total. The van der Waals surface area contributed by atoms with Gasteiger partial charge in [-0.1, -0.05) is 19.9 Å². The molecule has 0 aliphatic carbocycles. The molecule has 1 aromatic carbocycles. The fourth-order valence-corrected chi connectivity index (χ4v) is 1.94. The highest BCUT2D eigenvalue weighted by molar-refractivity contribution is 5.57. The van der Waals surface area contributed by atoms with Gasteiger partial charge in [0.25, 0.3) is 0 Å². The summed E-state index contributed by atoms with van der Waals surface area (Å²) in [5, 5.41) is 17.4. The molecule has 0 amide bonds. The lowest BCUT2D eigenvalue weighted by Crippen LogP contribution is -2.07. The molecule has 4 heteroatoms. The van der Waals surface area contributed by atoms with E-state index in [1.54, 1.807) is 18.2 Å². The van der Waals surface area contributed by atoms with E-state index in [9.17, 15) is 0 Å². The lowest BCUT2D eigenvalue weighted by molar-refractivity contribution is 0.367. The first-order chi connectivity index (χ1) is 9.13. The van der Waals surface area contributed by atoms with Crippen LogP contribution in [0.5, 0.6) is 5.75 Å². The summed E-state index contributed by atoms with van der Waals surface area (Å²) in [5.74, 6) is 0.818. The third-order valence-corrected chi connectivity index (χ3v) is 2.94. The van der Waals surface area contributed by atoms with E-state index in [0.717, 1.165) is 5.56 Å². The zero-order chi connectivity index (χ0) is 14.3. The van der Waals surface area contributed by atoms with Gasteiger partial charge in [-0.3, -0.25) is 0 Å². The Bertz CT molecular complexity index is 558. The van der Waals surface area contributed by atoms with Gasteiger partial charge in [0.1, 0.15) is 11.8 Å². The Morgan fingerprint density at radius 1 is 1.32 bits per heavy atom. The predicted molar refractivity (Wildman–Crippen MR) is 71.6 cm³/mol. The topological polar surface area (TPSA) is 61.2 Å². The van der Waals surface area contributed by atoms with Crippen LogP contribution in [0.1, 0.15) is 31.7 Å². The fourth-order valence-electron chi connectivity index (χ4n) is 1.94. The van der Waals surface area contributed by atoms with Gasteiger partial charge in [-0.15, -0.1) is 0 Å². The zero-order valence-electron chi connectivity index (χ0n) is 11.1. The second-order valence-electron chi connectivity index (χ2n) is 4.49. The van der Waals surface area contributed by atoms with E-state index in [4.69, 9.17) is 21.8 Å². The molecule has 1 rings (SSSR count). The highest BCUT2D eigenvalue weighted by Gasteiger charge is 2.19. The van der Waals surface area contributed by atoms with Crippen molar-refractivity contribution in [2.24, 2.45) is 5.92 Å². The van der Waals surface area contributed by atoms with E-state index in [2.05, 4.69) is 10.9 Å². The maximum Gasteiger partial charge on any atom is 0.190 e. The summed E-state index contributed by atoms with van der Waals surface area (Å²) in [4.78, 5) is 3.50. The third-order valence-electron chi connectivity index (χ3n) is 2.94. The molecule has 1 unspecified atom stereocenters. The smallest absolute Gasteiger partial charge is 0.190 e. The number of hydrogen-bond donors (Lipinski definition) is 0. The quantitative estimate of drug-likeness (QED) is 0.750. The number of benzene rings is 1. The normalized spacial score (nSPS) is 11.2. The van der Waals surface area contributed by atoms with Crippen molar-refractivity contribution in [2.45, 2.75) is 26.2 Å². The molecule has 0 fully saturated rings. The predicted octanol–water partition coefficient (Wildman–Crippen LogP) is 3.79. The molecule has 0 aliphatic heterocycles. The summed E-state index contributed by atoms with van der Waals surface area (Å²) in [6, 6.07) is 9.20. The van der Waals surface area contributed by atoms with Gasteiger partial charge in [0, 0.05) is 6.42 Å². The van der Waals surface area contributed by atoms with Crippen molar-refractivity contribution in [3.05, 3.63) is 35.2 Å². The number of hydrogen-bond acceptors (Lipinski definition) is 3. The summed E-state index contributed by atoms with van der Waals surface area (Å²) in [6.45, 7) is 11.2. The van der Waals surface area contributed by atoms with Gasteiger partial charge in [0.15, 0.2) is 12.3 Å². The van der Waals surface area contributed by atoms with Crippen LogP contribution in [0.25, 0.3) is 4.85 Å². The third kappa shape index (κ3) is 3.73. The first kappa shape index (κ1) is 14.6. The Hall–Kier alpha value is -2.51. The second-order valence-corrected chi connectivity index (χ2v) is 4.49. The molecule has 0 bridgehead atoms. The van der Waals surface area contributed by atoms with Gasteiger partial charge >= 0.3 is 0 Å². The van der Waals surface area contributed by atoms with E-state index in [0.29, 0.717) is 17.9 Å². The summed E-state index contributed by atoms with van der Waals surface area (Å²) >= 11 is 0. The van der Waals surface area contributed by atoms with Crippen LogP contribution in [-0.4, -0.2) is 6.61 Å². The number of ether oxygens (including phenoxy) is 1. The van der Waals surface area contributed by atoms with Crippen LogP contribution in [0.4, 0.5) is 5.69 Å². The molecule has 0 heterocycles. The van der Waals surface area contributed by atoms with Gasteiger partial charge in [-0.25, -0.2) is 4.85 Å². The lowest BCUT2D eigenvalue weighted by atomic mass is 9.85. The molecule has 1 atom stereocenters. The van der Waals surface area contributed by atoms with Crippen LogP contribution in [0.15, 0.2) is 18.2 Å². The molecule has 0 radical (unpaired) electrons. The van der Waals surface area contributed by atoms with Crippen molar-refractivity contribution >= 4 is 5.69 Å². The largest absolute Gasteiger partial charge is 0.479 e. The Balaban J connectivity index is 3.18. The van der Waals surface area contributed by atoms with Crippen LogP contribution in [0.3, 0.4) is 0 Å². The summed E-state index contributed by atoms with van der Waals surface area (Å²) < 4.78 is 5.26. The molecule has 0 aliphatic rings. The highest BCUT2D eigenvalue weighted by atomic mass is 16.5. The van der Waals surface area contributed by atoms with Crippen molar-refractivity contribution in [3.8, 4) is 17.9 Å².